The number of rotatable bonds is 5. The predicted octanol–water partition coefficient (Wildman–Crippen LogP) is 1.86. The summed E-state index contributed by atoms with van der Waals surface area (Å²) in [5.41, 5.74) is 2.44. The van der Waals surface area contributed by atoms with Crippen molar-refractivity contribution in [2.24, 2.45) is 11.1 Å². The van der Waals surface area contributed by atoms with Gasteiger partial charge in [-0.25, -0.2) is 18.4 Å². The molecule has 136 valence electrons. The maximum Gasteiger partial charge on any atom is 0.336 e. The van der Waals surface area contributed by atoms with Gasteiger partial charge in [0.2, 0.25) is 10.0 Å². The molecule has 0 unspecified atom stereocenters. The molecule has 1 aromatic carbocycles. The van der Waals surface area contributed by atoms with Crippen LogP contribution in [0, 0.1) is 5.92 Å². The Morgan fingerprint density at radius 3 is 2.60 bits per heavy atom. The van der Waals surface area contributed by atoms with Crippen LogP contribution in [-0.4, -0.2) is 32.2 Å². The van der Waals surface area contributed by atoms with Crippen molar-refractivity contribution in [3.63, 3.8) is 0 Å². The van der Waals surface area contributed by atoms with Gasteiger partial charge in [-0.2, -0.15) is 0 Å². The topological polar surface area (TPSA) is 93.6 Å². The van der Waals surface area contributed by atoms with Gasteiger partial charge in [0.05, 0.1) is 5.75 Å². The number of primary sulfonamides is 1. The first-order chi connectivity index (χ1) is 11.8. The second kappa shape index (κ2) is 7.27. The summed E-state index contributed by atoms with van der Waals surface area (Å²) < 4.78 is 27.8. The SMILES string of the molecule is CCc1ccc2oc(=O)cc(CN3CCC(CS(N)(=O)=O)CC3)c2c1. The van der Waals surface area contributed by atoms with Crippen LogP contribution in [0.15, 0.2) is 33.5 Å². The lowest BCUT2D eigenvalue weighted by atomic mass is 9.98. The van der Waals surface area contributed by atoms with Gasteiger partial charge < -0.3 is 4.42 Å². The molecule has 6 nitrogen and oxygen atoms in total. The van der Waals surface area contributed by atoms with Crippen LogP contribution in [0.25, 0.3) is 11.0 Å². The molecule has 0 bridgehead atoms. The number of piperidine rings is 1. The monoisotopic (exact) mass is 364 g/mol. The largest absolute Gasteiger partial charge is 0.423 e. The van der Waals surface area contributed by atoms with Crippen molar-refractivity contribution in [3.05, 3.63) is 45.8 Å². The van der Waals surface area contributed by atoms with E-state index in [1.807, 2.05) is 12.1 Å². The highest BCUT2D eigenvalue weighted by Gasteiger charge is 2.23. The fourth-order valence-corrected chi connectivity index (χ4v) is 4.50. The van der Waals surface area contributed by atoms with Crippen molar-refractivity contribution < 1.29 is 12.8 Å². The van der Waals surface area contributed by atoms with E-state index in [1.165, 1.54) is 5.56 Å². The van der Waals surface area contributed by atoms with Crippen molar-refractivity contribution >= 4 is 21.0 Å². The maximum absolute atomic E-state index is 11.8. The molecule has 1 saturated heterocycles. The van der Waals surface area contributed by atoms with E-state index in [-0.39, 0.29) is 17.3 Å². The van der Waals surface area contributed by atoms with Crippen molar-refractivity contribution in [2.45, 2.75) is 32.7 Å². The van der Waals surface area contributed by atoms with Gasteiger partial charge in [0, 0.05) is 18.0 Å². The lowest BCUT2D eigenvalue weighted by Gasteiger charge is -2.31. The highest BCUT2D eigenvalue weighted by Crippen LogP contribution is 2.24. The highest BCUT2D eigenvalue weighted by molar-refractivity contribution is 7.89. The summed E-state index contributed by atoms with van der Waals surface area (Å²) in [6.45, 7) is 4.36. The summed E-state index contributed by atoms with van der Waals surface area (Å²) in [5, 5.41) is 6.12. The van der Waals surface area contributed by atoms with E-state index in [1.54, 1.807) is 6.07 Å². The molecule has 1 fully saturated rings. The van der Waals surface area contributed by atoms with Gasteiger partial charge in [-0.3, -0.25) is 4.90 Å². The summed E-state index contributed by atoms with van der Waals surface area (Å²) in [6, 6.07) is 7.49. The second-order valence-electron chi connectivity index (χ2n) is 6.82. The Balaban J connectivity index is 1.76. The van der Waals surface area contributed by atoms with Crippen LogP contribution < -0.4 is 10.8 Å². The third-order valence-corrected chi connectivity index (χ3v) is 5.81. The summed E-state index contributed by atoms with van der Waals surface area (Å²) >= 11 is 0. The molecule has 2 N–H and O–H groups in total. The van der Waals surface area contributed by atoms with Gasteiger partial charge in [-0.15, -0.1) is 0 Å². The van der Waals surface area contributed by atoms with Gasteiger partial charge in [-0.1, -0.05) is 13.0 Å². The minimum atomic E-state index is -3.41. The Kier molecular flexibility index (Phi) is 5.27. The number of benzene rings is 1. The fraction of sp³-hybridized carbons (Fsp3) is 0.500. The zero-order valence-corrected chi connectivity index (χ0v) is 15.2. The first-order valence-corrected chi connectivity index (χ1v) is 10.3. The standard InChI is InChI=1S/C18H24N2O4S/c1-2-13-3-4-17-16(9-13)15(10-18(21)24-17)11-20-7-5-14(6-8-20)12-25(19,22)23/h3-4,9-10,14H,2,5-8,11-12H2,1H3,(H2,19,22,23). The zero-order chi connectivity index (χ0) is 18.0. The molecule has 3 rings (SSSR count). The average molecular weight is 364 g/mol. The summed E-state index contributed by atoms with van der Waals surface area (Å²) in [6.07, 6.45) is 2.53. The molecule has 1 aromatic heterocycles. The fourth-order valence-electron chi connectivity index (χ4n) is 3.51. The van der Waals surface area contributed by atoms with E-state index >= 15 is 0 Å². The van der Waals surface area contributed by atoms with E-state index in [4.69, 9.17) is 9.56 Å². The molecule has 0 radical (unpaired) electrons. The Bertz CT molecular complexity index is 912. The van der Waals surface area contributed by atoms with Crippen LogP contribution in [-0.2, 0) is 23.0 Å². The van der Waals surface area contributed by atoms with Crippen molar-refractivity contribution in [1.82, 2.24) is 4.90 Å². The quantitative estimate of drug-likeness (QED) is 0.817. The molecule has 0 aliphatic carbocycles. The molecule has 0 amide bonds. The number of nitrogens with zero attached hydrogens (tertiary/aromatic N) is 1. The number of sulfonamides is 1. The summed E-state index contributed by atoms with van der Waals surface area (Å²) in [4.78, 5) is 14.1. The van der Waals surface area contributed by atoms with Crippen molar-refractivity contribution in [3.8, 4) is 0 Å². The van der Waals surface area contributed by atoms with Crippen molar-refractivity contribution in [1.29, 1.82) is 0 Å². The lowest BCUT2D eigenvalue weighted by Crippen LogP contribution is -2.36. The first-order valence-electron chi connectivity index (χ1n) is 8.62. The Morgan fingerprint density at radius 1 is 1.24 bits per heavy atom. The van der Waals surface area contributed by atoms with Crippen LogP contribution in [0.4, 0.5) is 0 Å². The van der Waals surface area contributed by atoms with Crippen LogP contribution >= 0.6 is 0 Å². The predicted molar refractivity (Wildman–Crippen MR) is 97.8 cm³/mol. The number of likely N-dealkylation sites (tertiary alicyclic amines) is 1. The van der Waals surface area contributed by atoms with Crippen LogP contribution in [0.5, 0.6) is 0 Å². The average Bonchev–Trinajstić information content (AvgIpc) is 2.55. The Hall–Kier alpha value is -1.70. The minimum Gasteiger partial charge on any atom is -0.423 e. The molecule has 7 heteroatoms. The number of nitrogens with two attached hydrogens (primary N) is 1. The first kappa shape index (κ1) is 18.1. The molecule has 0 spiro atoms. The van der Waals surface area contributed by atoms with E-state index in [2.05, 4.69) is 17.9 Å². The van der Waals surface area contributed by atoms with E-state index in [0.717, 1.165) is 43.3 Å². The minimum absolute atomic E-state index is 0.0541. The number of aryl methyl sites for hydroxylation is 1. The zero-order valence-electron chi connectivity index (χ0n) is 14.4. The maximum atomic E-state index is 11.8. The Morgan fingerprint density at radius 2 is 1.96 bits per heavy atom. The van der Waals surface area contributed by atoms with Gasteiger partial charge >= 0.3 is 5.63 Å². The molecule has 2 heterocycles. The van der Waals surface area contributed by atoms with Crippen LogP contribution in [0.1, 0.15) is 30.9 Å². The second-order valence-corrected chi connectivity index (χ2v) is 8.48. The molecular formula is C18H24N2O4S. The third kappa shape index (κ3) is 4.68. The Labute approximate surface area is 147 Å². The molecular weight excluding hydrogens is 340 g/mol. The van der Waals surface area contributed by atoms with Gasteiger partial charge in [-0.05, 0) is 61.5 Å². The van der Waals surface area contributed by atoms with Gasteiger partial charge in [0.25, 0.3) is 0 Å². The molecule has 2 aromatic rings. The van der Waals surface area contributed by atoms with Crippen molar-refractivity contribution in [2.75, 3.05) is 18.8 Å². The van der Waals surface area contributed by atoms with Crippen LogP contribution in [0.3, 0.4) is 0 Å². The lowest BCUT2D eigenvalue weighted by molar-refractivity contribution is 0.186. The highest BCUT2D eigenvalue weighted by atomic mass is 32.2. The van der Waals surface area contributed by atoms with Gasteiger partial charge in [0.1, 0.15) is 5.58 Å². The number of hydrogen-bond donors (Lipinski definition) is 1. The van der Waals surface area contributed by atoms with Crippen LogP contribution in [0.2, 0.25) is 0 Å². The molecule has 0 saturated carbocycles. The number of hydrogen-bond acceptors (Lipinski definition) is 5. The normalized spacial score (nSPS) is 17.2. The molecule has 0 atom stereocenters. The van der Waals surface area contributed by atoms with E-state index in [9.17, 15) is 13.2 Å². The molecule has 1 aliphatic heterocycles. The summed E-state index contributed by atoms with van der Waals surface area (Å²) in [7, 11) is -3.41. The molecule has 1 aliphatic rings. The van der Waals surface area contributed by atoms with Gasteiger partial charge in [0.15, 0.2) is 0 Å². The third-order valence-electron chi connectivity index (χ3n) is 4.87. The van der Waals surface area contributed by atoms with E-state index in [0.29, 0.717) is 12.1 Å². The number of fused-ring (bicyclic) bond motifs is 1. The molecule has 25 heavy (non-hydrogen) atoms. The van der Waals surface area contributed by atoms with E-state index < -0.39 is 10.0 Å². The smallest absolute Gasteiger partial charge is 0.336 e. The summed E-state index contributed by atoms with van der Waals surface area (Å²) in [5.74, 6) is 0.175.